The lowest BCUT2D eigenvalue weighted by Crippen LogP contribution is -2.29. The van der Waals surface area contributed by atoms with Crippen LogP contribution in [0.15, 0.2) is 66.2 Å². The van der Waals surface area contributed by atoms with Gasteiger partial charge in [0.25, 0.3) is 5.78 Å². The summed E-state index contributed by atoms with van der Waals surface area (Å²) in [7, 11) is 0. The minimum Gasteiger partial charge on any atom is -0.507 e. The Morgan fingerprint density at radius 3 is 2.50 bits per heavy atom. The maximum Gasteiger partial charge on any atom is 0.301 e. The number of thiazole rings is 1. The lowest BCUT2D eigenvalue weighted by molar-refractivity contribution is -0.132. The van der Waals surface area contributed by atoms with Gasteiger partial charge in [0.15, 0.2) is 5.13 Å². The van der Waals surface area contributed by atoms with Gasteiger partial charge in [0.1, 0.15) is 29.1 Å². The number of anilines is 1. The van der Waals surface area contributed by atoms with Gasteiger partial charge in [0.2, 0.25) is 0 Å². The first kappa shape index (κ1) is 25.9. The number of aliphatic hydroxyl groups is 1. The van der Waals surface area contributed by atoms with Crippen molar-refractivity contribution in [1.29, 1.82) is 0 Å². The van der Waals surface area contributed by atoms with E-state index < -0.39 is 17.7 Å². The molecule has 204 valence electrons. The first-order chi connectivity index (χ1) is 19.4. The molecular formula is C31H28N2O6S. The molecule has 3 heterocycles. The van der Waals surface area contributed by atoms with Crippen molar-refractivity contribution in [1.82, 2.24) is 4.98 Å². The number of hydrogen-bond acceptors (Lipinski definition) is 8. The maximum absolute atomic E-state index is 13.6. The number of nitrogens with zero attached hydrogens (tertiary/aromatic N) is 2. The van der Waals surface area contributed by atoms with Gasteiger partial charge in [-0.15, -0.1) is 0 Å². The van der Waals surface area contributed by atoms with E-state index in [2.05, 4.69) is 0 Å². The van der Waals surface area contributed by atoms with Gasteiger partial charge >= 0.3 is 5.91 Å². The third kappa shape index (κ3) is 4.46. The van der Waals surface area contributed by atoms with E-state index in [-0.39, 0.29) is 17.4 Å². The molecule has 3 aromatic carbocycles. The Balaban J connectivity index is 1.49. The normalized spacial score (nSPS) is 19.6. The van der Waals surface area contributed by atoms with E-state index in [0.29, 0.717) is 52.9 Å². The zero-order chi connectivity index (χ0) is 28.0. The van der Waals surface area contributed by atoms with Crippen molar-refractivity contribution >= 4 is 44.1 Å². The van der Waals surface area contributed by atoms with Gasteiger partial charge < -0.3 is 19.3 Å². The van der Waals surface area contributed by atoms with Crippen LogP contribution in [-0.2, 0) is 16.0 Å². The summed E-state index contributed by atoms with van der Waals surface area (Å²) >= 11 is 1.29. The first-order valence-electron chi connectivity index (χ1n) is 13.2. The van der Waals surface area contributed by atoms with Crippen LogP contribution in [0.3, 0.4) is 0 Å². The Labute approximate surface area is 235 Å². The van der Waals surface area contributed by atoms with Crippen LogP contribution >= 0.6 is 11.3 Å². The molecule has 2 aliphatic heterocycles. The first-order valence-corrected chi connectivity index (χ1v) is 14.1. The van der Waals surface area contributed by atoms with E-state index in [0.717, 1.165) is 16.0 Å². The van der Waals surface area contributed by atoms with Gasteiger partial charge in [-0.3, -0.25) is 14.5 Å². The molecule has 0 bridgehead atoms. The van der Waals surface area contributed by atoms with Gasteiger partial charge in [0.05, 0.1) is 35.0 Å². The molecule has 6 rings (SSSR count). The second kappa shape index (κ2) is 10.3. The number of carbonyl (C=O) groups excluding carboxylic acids is 2. The van der Waals surface area contributed by atoms with Gasteiger partial charge in [-0.25, -0.2) is 4.98 Å². The number of carbonyl (C=O) groups is 2. The maximum atomic E-state index is 13.6. The summed E-state index contributed by atoms with van der Waals surface area (Å²) in [5, 5.41) is 11.9. The predicted octanol–water partition coefficient (Wildman–Crippen LogP) is 6.04. The largest absolute Gasteiger partial charge is 0.507 e. The quantitative estimate of drug-likeness (QED) is 0.168. The number of fused-ring (bicyclic) bond motifs is 2. The Hall–Kier alpha value is -4.37. The van der Waals surface area contributed by atoms with E-state index in [4.69, 9.17) is 19.2 Å². The highest BCUT2D eigenvalue weighted by atomic mass is 32.1. The lowest BCUT2D eigenvalue weighted by Gasteiger charge is -2.23. The number of amides is 1. The highest BCUT2D eigenvalue weighted by Gasteiger charge is 2.48. The highest BCUT2D eigenvalue weighted by Crippen LogP contribution is 2.45. The van der Waals surface area contributed by atoms with Crippen LogP contribution in [0.25, 0.3) is 16.0 Å². The third-order valence-corrected chi connectivity index (χ3v) is 8.00. The Morgan fingerprint density at radius 1 is 1.02 bits per heavy atom. The number of hydrogen-bond donors (Lipinski definition) is 1. The van der Waals surface area contributed by atoms with Crippen molar-refractivity contribution in [3.8, 4) is 17.2 Å². The molecular weight excluding hydrogens is 528 g/mol. The molecule has 9 heteroatoms. The van der Waals surface area contributed by atoms with Gasteiger partial charge in [-0.2, -0.15) is 0 Å². The summed E-state index contributed by atoms with van der Waals surface area (Å²) in [5.41, 5.74) is 2.74. The molecule has 0 spiro atoms. The number of Topliss-reactive ketones (excluding diaryl/α,β-unsaturated/α-hetero) is 1. The smallest absolute Gasteiger partial charge is 0.301 e. The monoisotopic (exact) mass is 556 g/mol. The van der Waals surface area contributed by atoms with Crippen LogP contribution in [-0.4, -0.2) is 41.1 Å². The fourth-order valence-corrected chi connectivity index (χ4v) is 6.26. The molecule has 2 aliphatic rings. The molecule has 1 aromatic heterocycles. The van der Waals surface area contributed by atoms with Gasteiger partial charge in [-0.05, 0) is 80.4 Å². The number of aromatic nitrogens is 1. The third-order valence-electron chi connectivity index (χ3n) is 6.99. The second-order valence-electron chi connectivity index (χ2n) is 9.69. The van der Waals surface area contributed by atoms with Crippen LogP contribution in [0.1, 0.15) is 43.5 Å². The molecule has 8 nitrogen and oxygen atoms in total. The molecule has 1 N–H and O–H groups in total. The number of ether oxygens (including phenoxy) is 3. The molecule has 40 heavy (non-hydrogen) atoms. The predicted molar refractivity (Wildman–Crippen MR) is 153 cm³/mol. The fourth-order valence-electron chi connectivity index (χ4n) is 5.24. The molecule has 0 aliphatic carbocycles. The van der Waals surface area contributed by atoms with Crippen molar-refractivity contribution in [3.05, 3.63) is 82.9 Å². The number of aliphatic hydroxyl groups excluding tert-OH is 1. The summed E-state index contributed by atoms with van der Waals surface area (Å²) in [6.45, 7) is 6.82. The summed E-state index contributed by atoms with van der Waals surface area (Å²) in [6, 6.07) is 17.2. The Kier molecular flexibility index (Phi) is 6.67. The minimum absolute atomic E-state index is 0.00957. The molecule has 0 radical (unpaired) electrons. The van der Waals surface area contributed by atoms with E-state index >= 15 is 0 Å². The van der Waals surface area contributed by atoms with Gasteiger partial charge in [0, 0.05) is 12.0 Å². The zero-order valence-corrected chi connectivity index (χ0v) is 23.2. The van der Waals surface area contributed by atoms with Crippen LogP contribution in [0.4, 0.5) is 5.13 Å². The van der Waals surface area contributed by atoms with Gasteiger partial charge in [-0.1, -0.05) is 23.5 Å². The standard InChI is InChI=1S/C31H28N2O6S/c1-4-37-21-9-6-18(7-10-21)27-26(28(34)19-8-13-24-20(15-19)14-17(3)39-24)29(35)30(36)33(27)31-32-23-12-11-22(38-5-2)16-25(23)40-31/h6-13,15-17,27,34H,4-5,14H2,1-3H3/t17-,27-/m0/s1. The average Bonchev–Trinajstić information content (AvgIpc) is 3.61. The van der Waals surface area contributed by atoms with Crippen molar-refractivity contribution in [2.45, 2.75) is 39.3 Å². The van der Waals surface area contributed by atoms with Crippen molar-refractivity contribution in [2.24, 2.45) is 0 Å². The summed E-state index contributed by atoms with van der Waals surface area (Å²) in [5.74, 6) is 0.373. The molecule has 1 saturated heterocycles. The summed E-state index contributed by atoms with van der Waals surface area (Å²) in [6.07, 6.45) is 0.729. The number of benzene rings is 3. The van der Waals surface area contributed by atoms with Crippen LogP contribution < -0.4 is 19.1 Å². The minimum atomic E-state index is -0.883. The lowest BCUT2D eigenvalue weighted by atomic mass is 9.94. The average molecular weight is 557 g/mol. The second-order valence-corrected chi connectivity index (χ2v) is 10.7. The van der Waals surface area contributed by atoms with Crippen LogP contribution in [0, 0.1) is 0 Å². The Bertz CT molecular complexity index is 1660. The van der Waals surface area contributed by atoms with E-state index in [9.17, 15) is 14.7 Å². The van der Waals surface area contributed by atoms with Crippen molar-refractivity contribution in [2.75, 3.05) is 18.1 Å². The summed E-state index contributed by atoms with van der Waals surface area (Å²) < 4.78 is 17.8. The Morgan fingerprint density at radius 2 is 1.75 bits per heavy atom. The van der Waals surface area contributed by atoms with Crippen LogP contribution in [0.2, 0.25) is 0 Å². The van der Waals surface area contributed by atoms with E-state index in [1.165, 1.54) is 16.2 Å². The molecule has 0 unspecified atom stereocenters. The SMILES string of the molecule is CCOc1ccc([C@H]2C(=C(O)c3ccc4c(c3)C[C@H](C)O4)C(=O)C(=O)N2c2nc3ccc(OCC)cc3s2)cc1. The van der Waals surface area contributed by atoms with Crippen LogP contribution in [0.5, 0.6) is 17.2 Å². The molecule has 0 saturated carbocycles. The molecule has 1 amide bonds. The molecule has 4 aromatic rings. The molecule has 1 fully saturated rings. The zero-order valence-electron chi connectivity index (χ0n) is 22.3. The highest BCUT2D eigenvalue weighted by molar-refractivity contribution is 7.22. The molecule has 2 atom stereocenters. The van der Waals surface area contributed by atoms with E-state index in [1.807, 2.05) is 45.0 Å². The summed E-state index contributed by atoms with van der Waals surface area (Å²) in [4.78, 5) is 33.3. The van der Waals surface area contributed by atoms with Crippen molar-refractivity contribution < 1.29 is 28.9 Å². The van der Waals surface area contributed by atoms with E-state index in [1.54, 1.807) is 36.4 Å². The number of ketones is 1. The fraction of sp³-hybridized carbons (Fsp3) is 0.258. The van der Waals surface area contributed by atoms with Crippen molar-refractivity contribution in [3.63, 3.8) is 0 Å². The topological polar surface area (TPSA) is 98.2 Å². The number of rotatable bonds is 7.